The zero-order valence-corrected chi connectivity index (χ0v) is 24.5. The average Bonchev–Trinajstić information content (AvgIpc) is 3.88. The lowest BCUT2D eigenvalue weighted by Gasteiger charge is -2.06. The molecule has 0 spiro atoms. The zero-order valence-electron chi connectivity index (χ0n) is 24.5. The van der Waals surface area contributed by atoms with Crippen LogP contribution in [0.2, 0.25) is 0 Å². The number of amides is 2. The van der Waals surface area contributed by atoms with E-state index in [1.54, 1.807) is 0 Å². The summed E-state index contributed by atoms with van der Waals surface area (Å²) in [6.07, 6.45) is 0. The van der Waals surface area contributed by atoms with E-state index in [2.05, 4.69) is 44.9 Å². The molecular weight excluding hydrogens is 572 g/mol. The van der Waals surface area contributed by atoms with Crippen molar-refractivity contribution in [2.24, 2.45) is 0 Å². The predicted octanol–water partition coefficient (Wildman–Crippen LogP) is 6.56. The zero-order chi connectivity index (χ0) is 31.4. The standard InChI is InChI=1S/C38H28N6O2/c39-27-13-9-23(10-14-27)21-1-5-25(6-2-21)29-17-19-31(41-29)35-33-34(38(46)43-35)36(44-37(33)45)32-20-18-30(42-32)26-7-3-22(4-8-26)24-11-15-28(40)16-12-24/h1-20,41-42H,39-40H2,(H,43,46)(H,44,45). The van der Waals surface area contributed by atoms with Gasteiger partial charge in [0.05, 0.1) is 33.9 Å². The van der Waals surface area contributed by atoms with Gasteiger partial charge in [-0.05, 0) is 81.9 Å². The van der Waals surface area contributed by atoms with Crippen LogP contribution in [0, 0.1) is 0 Å². The maximum Gasteiger partial charge on any atom is 0.258 e. The Bertz CT molecular complexity index is 2060. The smallest absolute Gasteiger partial charge is 0.258 e. The number of carbonyl (C=O) groups is 2. The molecule has 4 heterocycles. The summed E-state index contributed by atoms with van der Waals surface area (Å²) in [6, 6.07) is 39.5. The van der Waals surface area contributed by atoms with Gasteiger partial charge in [-0.3, -0.25) is 9.59 Å². The molecule has 46 heavy (non-hydrogen) atoms. The molecule has 6 aromatic rings. The highest BCUT2D eigenvalue weighted by molar-refractivity contribution is 6.30. The predicted molar refractivity (Wildman–Crippen MR) is 182 cm³/mol. The van der Waals surface area contributed by atoms with Gasteiger partial charge in [-0.15, -0.1) is 0 Å². The summed E-state index contributed by atoms with van der Waals surface area (Å²) in [7, 11) is 0. The number of nitrogen functional groups attached to an aromatic ring is 2. The second-order valence-electron chi connectivity index (χ2n) is 11.4. The van der Waals surface area contributed by atoms with Gasteiger partial charge in [0.2, 0.25) is 0 Å². The number of rotatable bonds is 6. The van der Waals surface area contributed by atoms with Crippen molar-refractivity contribution in [1.82, 2.24) is 20.6 Å². The molecule has 8 N–H and O–H groups in total. The summed E-state index contributed by atoms with van der Waals surface area (Å²) in [4.78, 5) is 33.3. The molecule has 0 unspecified atom stereocenters. The van der Waals surface area contributed by atoms with E-state index in [0.717, 1.165) is 56.1 Å². The third kappa shape index (κ3) is 4.65. The number of aromatic nitrogens is 2. The third-order valence-corrected chi connectivity index (χ3v) is 8.47. The number of carbonyl (C=O) groups excluding carboxylic acids is 2. The molecule has 0 fully saturated rings. The molecule has 2 aliphatic rings. The second-order valence-corrected chi connectivity index (χ2v) is 11.4. The van der Waals surface area contributed by atoms with Crippen LogP contribution in [0.5, 0.6) is 0 Å². The van der Waals surface area contributed by atoms with Crippen LogP contribution in [0.3, 0.4) is 0 Å². The summed E-state index contributed by atoms with van der Waals surface area (Å²) < 4.78 is 0. The molecule has 8 nitrogen and oxygen atoms in total. The minimum absolute atomic E-state index is 0.327. The van der Waals surface area contributed by atoms with Gasteiger partial charge in [-0.1, -0.05) is 72.8 Å². The van der Waals surface area contributed by atoms with Crippen molar-refractivity contribution in [3.05, 3.63) is 144 Å². The molecule has 4 aromatic carbocycles. The van der Waals surface area contributed by atoms with Crippen molar-refractivity contribution >= 4 is 34.6 Å². The van der Waals surface area contributed by atoms with Gasteiger partial charge in [-0.2, -0.15) is 0 Å². The molecule has 2 amide bonds. The van der Waals surface area contributed by atoms with Gasteiger partial charge in [0.15, 0.2) is 0 Å². The summed E-state index contributed by atoms with van der Waals surface area (Å²) in [5.41, 5.74) is 24.0. The fraction of sp³-hybridized carbons (Fsp3) is 0. The van der Waals surface area contributed by atoms with Gasteiger partial charge >= 0.3 is 0 Å². The molecule has 0 radical (unpaired) electrons. The van der Waals surface area contributed by atoms with Crippen molar-refractivity contribution in [2.45, 2.75) is 0 Å². The lowest BCUT2D eigenvalue weighted by atomic mass is 10.0. The monoisotopic (exact) mass is 600 g/mol. The second kappa shape index (κ2) is 10.6. The van der Waals surface area contributed by atoms with Gasteiger partial charge in [0.1, 0.15) is 0 Å². The molecule has 0 atom stereocenters. The van der Waals surface area contributed by atoms with Crippen LogP contribution in [0.25, 0.3) is 56.2 Å². The normalized spacial score (nSPS) is 14.1. The summed E-state index contributed by atoms with van der Waals surface area (Å²) >= 11 is 0. The average molecular weight is 601 g/mol. The number of hydrogen-bond donors (Lipinski definition) is 6. The molecule has 222 valence electrons. The summed E-state index contributed by atoms with van der Waals surface area (Å²) in [5, 5.41) is 5.85. The summed E-state index contributed by atoms with van der Waals surface area (Å²) in [5.74, 6) is -0.655. The van der Waals surface area contributed by atoms with E-state index < -0.39 is 0 Å². The minimum atomic E-state index is -0.327. The lowest BCUT2D eigenvalue weighted by Crippen LogP contribution is -2.21. The largest absolute Gasteiger partial charge is 0.399 e. The van der Waals surface area contributed by atoms with E-state index in [1.165, 1.54) is 0 Å². The number of anilines is 2. The Hall–Kier alpha value is -6.54. The first kappa shape index (κ1) is 27.0. The van der Waals surface area contributed by atoms with Gasteiger partial charge in [0, 0.05) is 22.8 Å². The third-order valence-electron chi connectivity index (χ3n) is 8.47. The van der Waals surface area contributed by atoms with Crippen LogP contribution in [-0.2, 0) is 9.59 Å². The highest BCUT2D eigenvalue weighted by Gasteiger charge is 2.41. The summed E-state index contributed by atoms with van der Waals surface area (Å²) in [6.45, 7) is 0. The number of fused-ring (bicyclic) bond motifs is 1. The number of hydrogen-bond acceptors (Lipinski definition) is 4. The number of nitrogens with one attached hydrogen (secondary N) is 4. The van der Waals surface area contributed by atoms with Crippen LogP contribution < -0.4 is 22.1 Å². The highest BCUT2D eigenvalue weighted by Crippen LogP contribution is 2.38. The molecule has 0 saturated heterocycles. The van der Waals surface area contributed by atoms with Crippen LogP contribution in [0.1, 0.15) is 11.4 Å². The first-order chi connectivity index (χ1) is 22.4. The van der Waals surface area contributed by atoms with Crippen LogP contribution in [-0.4, -0.2) is 21.8 Å². The van der Waals surface area contributed by atoms with Gasteiger partial charge in [0.25, 0.3) is 11.8 Å². The molecule has 2 aromatic heterocycles. The maximum atomic E-state index is 13.3. The topological polar surface area (TPSA) is 142 Å². The number of H-pyrrole nitrogens is 2. The van der Waals surface area contributed by atoms with Crippen LogP contribution >= 0.6 is 0 Å². The fourth-order valence-electron chi connectivity index (χ4n) is 6.04. The highest BCUT2D eigenvalue weighted by atomic mass is 16.2. The first-order valence-electron chi connectivity index (χ1n) is 14.8. The van der Waals surface area contributed by atoms with Crippen molar-refractivity contribution in [2.75, 3.05) is 11.5 Å². The van der Waals surface area contributed by atoms with E-state index in [9.17, 15) is 9.59 Å². The van der Waals surface area contributed by atoms with E-state index in [4.69, 9.17) is 11.5 Å². The van der Waals surface area contributed by atoms with Crippen molar-refractivity contribution < 1.29 is 9.59 Å². The molecular formula is C38H28N6O2. The Morgan fingerprint density at radius 3 is 0.978 bits per heavy atom. The molecule has 0 aliphatic carbocycles. The lowest BCUT2D eigenvalue weighted by molar-refractivity contribution is -0.117. The van der Waals surface area contributed by atoms with Crippen molar-refractivity contribution in [1.29, 1.82) is 0 Å². The van der Waals surface area contributed by atoms with Crippen molar-refractivity contribution in [3.8, 4) is 44.8 Å². The molecule has 0 saturated carbocycles. The van der Waals surface area contributed by atoms with Gasteiger partial charge < -0.3 is 32.1 Å². The Morgan fingerprint density at radius 1 is 0.348 bits per heavy atom. The Labute approximate surface area is 264 Å². The number of nitrogens with two attached hydrogens (primary N) is 2. The first-order valence-corrected chi connectivity index (χ1v) is 14.8. The van der Waals surface area contributed by atoms with E-state index >= 15 is 0 Å². The Kier molecular flexibility index (Phi) is 6.21. The quantitative estimate of drug-likeness (QED) is 0.120. The van der Waals surface area contributed by atoms with E-state index in [1.807, 2.05) is 97.1 Å². The number of aromatic amines is 2. The van der Waals surface area contributed by atoms with Crippen LogP contribution in [0.15, 0.2) is 132 Å². The molecule has 8 rings (SSSR count). The Balaban J connectivity index is 1.06. The number of benzene rings is 4. The van der Waals surface area contributed by atoms with E-state index in [-0.39, 0.29) is 11.8 Å². The molecule has 2 aliphatic heterocycles. The van der Waals surface area contributed by atoms with E-state index in [0.29, 0.717) is 33.9 Å². The maximum absolute atomic E-state index is 13.3. The fourth-order valence-corrected chi connectivity index (χ4v) is 6.04. The van der Waals surface area contributed by atoms with Crippen LogP contribution in [0.4, 0.5) is 11.4 Å². The molecule has 8 heteroatoms. The molecule has 0 bridgehead atoms. The van der Waals surface area contributed by atoms with Crippen molar-refractivity contribution in [3.63, 3.8) is 0 Å². The minimum Gasteiger partial charge on any atom is -0.399 e. The Morgan fingerprint density at radius 2 is 0.630 bits per heavy atom. The van der Waals surface area contributed by atoms with Gasteiger partial charge in [-0.25, -0.2) is 0 Å². The SMILES string of the molecule is Nc1ccc(-c2ccc(-c3ccc(C4=C5C(=O)NC(c6ccc(-c7ccc(-c8ccc(N)cc8)cc7)[nH]6)=C5C(=O)N4)[nH]3)cc2)cc1.